The number of rotatable bonds is 3. The molecule has 2 atom stereocenters. The minimum absolute atomic E-state index is 0.432. The highest BCUT2D eigenvalue weighted by Crippen LogP contribution is 2.40. The topological polar surface area (TPSA) is 43.8 Å². The Labute approximate surface area is 91.7 Å². The molecule has 2 unspecified atom stereocenters. The van der Waals surface area contributed by atoms with Gasteiger partial charge in [0.05, 0.1) is 0 Å². The monoisotopic (exact) mass is 207 g/mol. The van der Waals surface area contributed by atoms with E-state index in [1.807, 2.05) is 17.9 Å². The van der Waals surface area contributed by atoms with Crippen molar-refractivity contribution < 1.29 is 0 Å². The molecule has 1 aromatic rings. The van der Waals surface area contributed by atoms with Crippen molar-refractivity contribution in [1.82, 2.24) is 9.78 Å². The number of aromatic nitrogens is 2. The molecule has 3 nitrogen and oxygen atoms in total. The van der Waals surface area contributed by atoms with Crippen LogP contribution in [0.3, 0.4) is 0 Å². The maximum absolute atomic E-state index is 5.97. The SMILES string of the molecule is Cn1nccc1CCC1(C)CCC(N)C1. The van der Waals surface area contributed by atoms with Crippen LogP contribution in [0.25, 0.3) is 0 Å². The van der Waals surface area contributed by atoms with Crippen LogP contribution in [-0.2, 0) is 13.5 Å². The first-order valence-corrected chi connectivity index (χ1v) is 5.82. The fourth-order valence-electron chi connectivity index (χ4n) is 2.67. The summed E-state index contributed by atoms with van der Waals surface area (Å²) in [7, 11) is 2.01. The van der Waals surface area contributed by atoms with Crippen LogP contribution in [0.5, 0.6) is 0 Å². The number of nitrogens with two attached hydrogens (primary N) is 1. The van der Waals surface area contributed by atoms with E-state index in [4.69, 9.17) is 5.73 Å². The van der Waals surface area contributed by atoms with Gasteiger partial charge in [-0.25, -0.2) is 0 Å². The zero-order valence-corrected chi connectivity index (χ0v) is 9.74. The Morgan fingerprint density at radius 1 is 1.67 bits per heavy atom. The maximum Gasteiger partial charge on any atom is 0.0492 e. The molecule has 3 heteroatoms. The summed E-state index contributed by atoms with van der Waals surface area (Å²) in [6.45, 7) is 2.37. The van der Waals surface area contributed by atoms with Gasteiger partial charge in [0.15, 0.2) is 0 Å². The maximum atomic E-state index is 5.97. The van der Waals surface area contributed by atoms with Crippen LogP contribution >= 0.6 is 0 Å². The van der Waals surface area contributed by atoms with Gasteiger partial charge in [0.1, 0.15) is 0 Å². The quantitative estimate of drug-likeness (QED) is 0.822. The van der Waals surface area contributed by atoms with Crippen molar-refractivity contribution in [2.75, 3.05) is 0 Å². The van der Waals surface area contributed by atoms with Gasteiger partial charge in [0.2, 0.25) is 0 Å². The Balaban J connectivity index is 1.91. The number of nitrogens with zero attached hydrogens (tertiary/aromatic N) is 2. The molecule has 0 amide bonds. The van der Waals surface area contributed by atoms with Gasteiger partial charge in [-0.15, -0.1) is 0 Å². The fourth-order valence-corrected chi connectivity index (χ4v) is 2.67. The zero-order chi connectivity index (χ0) is 10.9. The third kappa shape index (κ3) is 2.40. The summed E-state index contributed by atoms with van der Waals surface area (Å²) in [6.07, 6.45) is 7.90. The van der Waals surface area contributed by atoms with Gasteiger partial charge in [-0.3, -0.25) is 4.68 Å². The second-order valence-electron chi connectivity index (χ2n) is 5.26. The summed E-state index contributed by atoms with van der Waals surface area (Å²) >= 11 is 0. The summed E-state index contributed by atoms with van der Waals surface area (Å²) in [5.41, 5.74) is 7.76. The first-order chi connectivity index (χ1) is 7.09. The van der Waals surface area contributed by atoms with E-state index in [1.165, 1.54) is 31.4 Å². The molecule has 0 bridgehead atoms. The summed E-state index contributed by atoms with van der Waals surface area (Å²) in [5.74, 6) is 0. The predicted molar refractivity (Wildman–Crippen MR) is 61.5 cm³/mol. The normalized spacial score (nSPS) is 31.0. The summed E-state index contributed by atoms with van der Waals surface area (Å²) in [6, 6.07) is 2.54. The minimum Gasteiger partial charge on any atom is -0.328 e. The molecule has 15 heavy (non-hydrogen) atoms. The summed E-state index contributed by atoms with van der Waals surface area (Å²) in [4.78, 5) is 0. The molecule has 0 aliphatic heterocycles. The van der Waals surface area contributed by atoms with Gasteiger partial charge in [0, 0.05) is 25.0 Å². The van der Waals surface area contributed by atoms with Gasteiger partial charge >= 0.3 is 0 Å². The lowest BCUT2D eigenvalue weighted by Gasteiger charge is -2.23. The van der Waals surface area contributed by atoms with Crippen molar-refractivity contribution in [1.29, 1.82) is 0 Å². The van der Waals surface area contributed by atoms with E-state index in [-0.39, 0.29) is 0 Å². The molecular formula is C12H21N3. The molecule has 1 heterocycles. The molecular weight excluding hydrogens is 186 g/mol. The molecule has 0 spiro atoms. The minimum atomic E-state index is 0.432. The first-order valence-electron chi connectivity index (χ1n) is 5.82. The van der Waals surface area contributed by atoms with E-state index < -0.39 is 0 Å². The van der Waals surface area contributed by atoms with E-state index in [2.05, 4.69) is 18.1 Å². The molecule has 0 aromatic carbocycles. The second kappa shape index (κ2) is 3.97. The molecule has 84 valence electrons. The van der Waals surface area contributed by atoms with Crippen molar-refractivity contribution in [2.45, 2.75) is 45.1 Å². The van der Waals surface area contributed by atoms with Crippen LogP contribution in [0.2, 0.25) is 0 Å². The van der Waals surface area contributed by atoms with Crippen LogP contribution < -0.4 is 5.73 Å². The number of hydrogen-bond acceptors (Lipinski definition) is 2. The summed E-state index contributed by atoms with van der Waals surface area (Å²) < 4.78 is 1.97. The van der Waals surface area contributed by atoms with Crippen molar-refractivity contribution in [3.8, 4) is 0 Å². The first kappa shape index (κ1) is 10.7. The average molecular weight is 207 g/mol. The number of hydrogen-bond donors (Lipinski definition) is 1. The Morgan fingerprint density at radius 3 is 3.00 bits per heavy atom. The van der Waals surface area contributed by atoms with Crippen LogP contribution in [0.15, 0.2) is 12.3 Å². The lowest BCUT2D eigenvalue weighted by molar-refractivity contribution is 0.301. The van der Waals surface area contributed by atoms with E-state index in [0.29, 0.717) is 11.5 Å². The molecule has 1 aliphatic rings. The van der Waals surface area contributed by atoms with E-state index >= 15 is 0 Å². The van der Waals surface area contributed by atoms with Crippen LogP contribution in [0.4, 0.5) is 0 Å². The third-order valence-corrected chi connectivity index (χ3v) is 3.78. The molecule has 1 aliphatic carbocycles. The largest absolute Gasteiger partial charge is 0.328 e. The standard InChI is InChI=1S/C12H21N3/c1-12(6-3-10(13)9-12)7-4-11-5-8-14-15(11)2/h5,8,10H,3-4,6-7,9,13H2,1-2H3. The van der Waals surface area contributed by atoms with Crippen molar-refractivity contribution >= 4 is 0 Å². The van der Waals surface area contributed by atoms with Gasteiger partial charge in [0.25, 0.3) is 0 Å². The molecule has 2 rings (SSSR count). The van der Waals surface area contributed by atoms with Crippen LogP contribution in [0, 0.1) is 5.41 Å². The lowest BCUT2D eigenvalue weighted by Crippen LogP contribution is -2.20. The van der Waals surface area contributed by atoms with E-state index in [0.717, 1.165) is 6.42 Å². The Hall–Kier alpha value is -0.830. The van der Waals surface area contributed by atoms with Crippen molar-refractivity contribution in [3.63, 3.8) is 0 Å². The lowest BCUT2D eigenvalue weighted by atomic mass is 9.83. The van der Waals surface area contributed by atoms with Gasteiger partial charge < -0.3 is 5.73 Å². The van der Waals surface area contributed by atoms with Crippen LogP contribution in [0.1, 0.15) is 38.3 Å². The van der Waals surface area contributed by atoms with Crippen molar-refractivity contribution in [3.05, 3.63) is 18.0 Å². The zero-order valence-electron chi connectivity index (χ0n) is 9.74. The Morgan fingerprint density at radius 2 is 2.47 bits per heavy atom. The Bertz CT molecular complexity index is 331. The van der Waals surface area contributed by atoms with E-state index in [1.54, 1.807) is 0 Å². The summed E-state index contributed by atoms with van der Waals surface area (Å²) in [5, 5.41) is 4.19. The molecule has 1 aromatic heterocycles. The average Bonchev–Trinajstić information content (AvgIpc) is 2.71. The predicted octanol–water partition coefficient (Wildman–Crippen LogP) is 1.87. The van der Waals surface area contributed by atoms with E-state index in [9.17, 15) is 0 Å². The van der Waals surface area contributed by atoms with Crippen molar-refractivity contribution in [2.24, 2.45) is 18.2 Å². The third-order valence-electron chi connectivity index (χ3n) is 3.78. The van der Waals surface area contributed by atoms with Gasteiger partial charge in [-0.2, -0.15) is 5.10 Å². The molecule has 1 saturated carbocycles. The smallest absolute Gasteiger partial charge is 0.0492 e. The highest BCUT2D eigenvalue weighted by atomic mass is 15.2. The highest BCUT2D eigenvalue weighted by Gasteiger charge is 2.32. The van der Waals surface area contributed by atoms with Gasteiger partial charge in [-0.1, -0.05) is 6.92 Å². The molecule has 0 radical (unpaired) electrons. The molecule has 2 N–H and O–H groups in total. The molecule has 1 fully saturated rings. The second-order valence-corrected chi connectivity index (χ2v) is 5.26. The fraction of sp³-hybridized carbons (Fsp3) is 0.750. The number of aryl methyl sites for hydroxylation is 2. The van der Waals surface area contributed by atoms with Gasteiger partial charge in [-0.05, 0) is 43.6 Å². The highest BCUT2D eigenvalue weighted by molar-refractivity contribution is 5.01. The van der Waals surface area contributed by atoms with Crippen LogP contribution in [-0.4, -0.2) is 15.8 Å². The molecule has 0 saturated heterocycles. The Kier molecular flexibility index (Phi) is 2.83.